The Hall–Kier alpha value is -2.61. The Morgan fingerprint density at radius 1 is 1.16 bits per heavy atom. The zero-order chi connectivity index (χ0) is 21.5. The number of hydrogen-bond donors (Lipinski definition) is 1. The molecule has 0 aliphatic carbocycles. The van der Waals surface area contributed by atoms with Gasteiger partial charge in [0.05, 0.1) is 28.4 Å². The van der Waals surface area contributed by atoms with E-state index >= 15 is 0 Å². The highest BCUT2D eigenvalue weighted by Crippen LogP contribution is 2.33. The summed E-state index contributed by atoms with van der Waals surface area (Å²) in [5.74, 6) is -0.140. The molecule has 5 rings (SSSR count). The van der Waals surface area contributed by atoms with Gasteiger partial charge in [-0.1, -0.05) is 6.07 Å². The third kappa shape index (κ3) is 3.78. The molecular weight excluding hydrogens is 410 g/mol. The number of aryl methyl sites for hydroxylation is 1. The Bertz CT molecular complexity index is 1140. The Labute approximate surface area is 185 Å². The minimum Gasteiger partial charge on any atom is -0.396 e. The number of piperidine rings is 1. The van der Waals surface area contributed by atoms with Crippen LogP contribution in [0.5, 0.6) is 0 Å². The monoisotopic (exact) mass is 435 g/mol. The maximum Gasteiger partial charge on any atom is 0.251 e. The fourth-order valence-electron chi connectivity index (χ4n) is 4.61. The highest BCUT2D eigenvalue weighted by atomic mass is 32.1. The molecule has 3 heterocycles. The van der Waals surface area contributed by atoms with Crippen LogP contribution < -0.4 is 4.90 Å². The topological polar surface area (TPSA) is 73.7 Å². The van der Waals surface area contributed by atoms with Gasteiger partial charge in [-0.15, -0.1) is 11.3 Å². The Morgan fingerprint density at radius 2 is 1.97 bits per heavy atom. The summed E-state index contributed by atoms with van der Waals surface area (Å²) >= 11 is 1.64. The molecule has 6 nitrogen and oxygen atoms in total. The van der Waals surface area contributed by atoms with Crippen molar-refractivity contribution < 1.29 is 14.7 Å². The van der Waals surface area contributed by atoms with Crippen LogP contribution in [-0.2, 0) is 9.59 Å². The van der Waals surface area contributed by atoms with E-state index in [1.165, 1.54) is 10.5 Å². The van der Waals surface area contributed by atoms with Gasteiger partial charge < -0.3 is 5.11 Å². The fraction of sp³-hybridized carbons (Fsp3) is 0.375. The van der Waals surface area contributed by atoms with Crippen LogP contribution in [0, 0.1) is 12.8 Å². The van der Waals surface area contributed by atoms with E-state index in [0.29, 0.717) is 12.2 Å². The Kier molecular flexibility index (Phi) is 5.33. The molecule has 160 valence electrons. The second-order valence-corrected chi connectivity index (χ2v) is 9.54. The van der Waals surface area contributed by atoms with Gasteiger partial charge in [0.15, 0.2) is 0 Å². The van der Waals surface area contributed by atoms with Crippen LogP contribution >= 0.6 is 11.3 Å². The molecule has 2 saturated heterocycles. The molecule has 0 saturated carbocycles. The van der Waals surface area contributed by atoms with Crippen LogP contribution in [0.25, 0.3) is 20.8 Å². The van der Waals surface area contributed by atoms with Gasteiger partial charge in [0.25, 0.3) is 5.91 Å². The number of aliphatic hydroxyl groups excluding tert-OH is 1. The van der Waals surface area contributed by atoms with Crippen LogP contribution in [0.2, 0.25) is 0 Å². The lowest BCUT2D eigenvalue weighted by molar-refractivity contribution is -0.123. The summed E-state index contributed by atoms with van der Waals surface area (Å²) in [4.78, 5) is 33.9. The molecule has 1 N–H and O–H groups in total. The molecule has 31 heavy (non-hydrogen) atoms. The van der Waals surface area contributed by atoms with Gasteiger partial charge in [-0.3, -0.25) is 14.5 Å². The molecule has 7 heteroatoms. The number of amides is 2. The van der Waals surface area contributed by atoms with Gasteiger partial charge in [-0.2, -0.15) is 0 Å². The lowest BCUT2D eigenvalue weighted by Gasteiger charge is -2.34. The number of carbonyl (C=O) groups excluding carboxylic acids is 2. The predicted octanol–water partition coefficient (Wildman–Crippen LogP) is 3.61. The van der Waals surface area contributed by atoms with Crippen molar-refractivity contribution in [1.82, 2.24) is 9.88 Å². The predicted molar refractivity (Wildman–Crippen MR) is 122 cm³/mol. The number of anilines is 1. The van der Waals surface area contributed by atoms with E-state index in [0.717, 1.165) is 40.2 Å². The number of carbonyl (C=O) groups is 2. The minimum absolute atomic E-state index is 0.127. The summed E-state index contributed by atoms with van der Waals surface area (Å²) < 4.78 is 1.15. The third-order valence-electron chi connectivity index (χ3n) is 6.29. The van der Waals surface area contributed by atoms with Gasteiger partial charge in [0.2, 0.25) is 5.91 Å². The van der Waals surface area contributed by atoms with Crippen LogP contribution in [0.1, 0.15) is 24.8 Å². The largest absolute Gasteiger partial charge is 0.396 e. The third-order valence-corrected chi connectivity index (χ3v) is 7.36. The van der Waals surface area contributed by atoms with E-state index in [4.69, 9.17) is 4.98 Å². The number of nitrogens with zero attached hydrogens (tertiary/aromatic N) is 3. The van der Waals surface area contributed by atoms with Gasteiger partial charge in [0, 0.05) is 18.7 Å². The first-order valence-corrected chi connectivity index (χ1v) is 11.5. The van der Waals surface area contributed by atoms with Gasteiger partial charge in [-0.05, 0) is 74.2 Å². The molecule has 2 fully saturated rings. The smallest absolute Gasteiger partial charge is 0.251 e. The van der Waals surface area contributed by atoms with E-state index in [2.05, 4.69) is 24.0 Å². The number of imide groups is 1. The molecular formula is C24H25N3O3S. The van der Waals surface area contributed by atoms with E-state index in [-0.39, 0.29) is 30.8 Å². The molecule has 0 radical (unpaired) electrons. The summed E-state index contributed by atoms with van der Waals surface area (Å²) in [6.45, 7) is 3.66. The van der Waals surface area contributed by atoms with E-state index in [9.17, 15) is 14.7 Å². The van der Waals surface area contributed by atoms with Crippen molar-refractivity contribution in [1.29, 1.82) is 0 Å². The second kappa shape index (κ2) is 8.15. The first kappa shape index (κ1) is 20.3. The second-order valence-electron chi connectivity index (χ2n) is 8.51. The van der Waals surface area contributed by atoms with Crippen molar-refractivity contribution in [3.05, 3.63) is 48.0 Å². The normalized spacial score (nSPS) is 22.6. The summed E-state index contributed by atoms with van der Waals surface area (Å²) in [6.07, 6.45) is 2.12. The maximum absolute atomic E-state index is 13.1. The van der Waals surface area contributed by atoms with Crippen molar-refractivity contribution in [2.24, 2.45) is 5.92 Å². The number of hydrogen-bond acceptors (Lipinski definition) is 6. The lowest BCUT2D eigenvalue weighted by atomic mass is 9.97. The molecule has 3 aromatic rings. The number of rotatable bonds is 4. The molecule has 2 unspecified atom stereocenters. The summed E-state index contributed by atoms with van der Waals surface area (Å²) in [5, 5.41) is 10.4. The number of thiazole rings is 1. The van der Waals surface area contributed by atoms with Crippen LogP contribution in [0.4, 0.5) is 5.69 Å². The van der Waals surface area contributed by atoms with Crippen molar-refractivity contribution >= 4 is 39.1 Å². The molecule has 2 aliphatic heterocycles. The van der Waals surface area contributed by atoms with Gasteiger partial charge in [-0.25, -0.2) is 9.88 Å². The number of aromatic nitrogens is 1. The zero-order valence-electron chi connectivity index (χ0n) is 17.5. The van der Waals surface area contributed by atoms with Crippen molar-refractivity contribution in [3.63, 3.8) is 0 Å². The lowest BCUT2D eigenvalue weighted by Crippen LogP contribution is -2.47. The molecule has 2 atom stereocenters. The zero-order valence-corrected chi connectivity index (χ0v) is 18.3. The van der Waals surface area contributed by atoms with Crippen LogP contribution in [-0.4, -0.2) is 52.5 Å². The SMILES string of the molecule is Cc1ccc2nc(-c3ccc(N4C(=O)CC(N5CCCC(CO)C5)C4=O)cc3)sc2c1. The van der Waals surface area contributed by atoms with Gasteiger partial charge >= 0.3 is 0 Å². The Balaban J connectivity index is 1.36. The summed E-state index contributed by atoms with van der Waals surface area (Å²) in [7, 11) is 0. The van der Waals surface area contributed by atoms with Crippen molar-refractivity contribution in [2.75, 3.05) is 24.6 Å². The van der Waals surface area contributed by atoms with E-state index in [1.54, 1.807) is 11.3 Å². The van der Waals surface area contributed by atoms with Crippen LogP contribution in [0.15, 0.2) is 42.5 Å². The molecule has 1 aromatic heterocycles. The fourth-order valence-corrected chi connectivity index (χ4v) is 5.68. The molecule has 2 aliphatic rings. The number of aliphatic hydroxyl groups is 1. The summed E-state index contributed by atoms with van der Waals surface area (Å²) in [5.41, 5.74) is 3.76. The summed E-state index contributed by atoms with van der Waals surface area (Å²) in [6, 6.07) is 13.3. The van der Waals surface area contributed by atoms with Crippen molar-refractivity contribution in [3.8, 4) is 10.6 Å². The Morgan fingerprint density at radius 3 is 2.74 bits per heavy atom. The molecule has 0 bridgehead atoms. The minimum atomic E-state index is -0.422. The molecule has 0 spiro atoms. The van der Waals surface area contributed by atoms with Crippen molar-refractivity contribution in [2.45, 2.75) is 32.2 Å². The first-order chi connectivity index (χ1) is 15.0. The average Bonchev–Trinajstić information content (AvgIpc) is 3.34. The molecule has 2 aromatic carbocycles. The quantitative estimate of drug-likeness (QED) is 0.634. The molecule has 2 amide bonds. The number of fused-ring (bicyclic) bond motifs is 1. The average molecular weight is 436 g/mol. The van der Waals surface area contributed by atoms with E-state index < -0.39 is 6.04 Å². The highest BCUT2D eigenvalue weighted by molar-refractivity contribution is 7.21. The first-order valence-electron chi connectivity index (χ1n) is 10.7. The number of likely N-dealkylation sites (tertiary alicyclic amines) is 1. The highest BCUT2D eigenvalue weighted by Gasteiger charge is 2.43. The van der Waals surface area contributed by atoms with Gasteiger partial charge in [0.1, 0.15) is 5.01 Å². The number of benzene rings is 2. The standard InChI is InChI=1S/C24H25N3O3S/c1-15-4-9-19-21(11-15)31-23(25-19)17-5-7-18(8-6-17)27-22(29)12-20(24(27)30)26-10-2-3-16(13-26)14-28/h4-9,11,16,20,28H,2-3,10,12-14H2,1H3. The van der Waals surface area contributed by atoms with E-state index in [1.807, 2.05) is 30.3 Å². The maximum atomic E-state index is 13.1. The van der Waals surface area contributed by atoms with Crippen LogP contribution in [0.3, 0.4) is 0 Å².